The van der Waals surface area contributed by atoms with Crippen LogP contribution in [0, 0.1) is 5.92 Å². The third kappa shape index (κ3) is 2.90. The minimum absolute atomic E-state index is 0.118. The first-order valence-corrected chi connectivity index (χ1v) is 9.43. The van der Waals surface area contributed by atoms with Crippen molar-refractivity contribution < 1.29 is 18.7 Å². The number of morpholine rings is 1. The molecule has 2 saturated carbocycles. The number of carbonyl (C=O) groups excluding carboxylic acids is 1. The Balaban J connectivity index is 1.39. The maximum atomic E-state index is 13.2. The van der Waals surface area contributed by atoms with Gasteiger partial charge in [0.15, 0.2) is 11.5 Å². The fourth-order valence-corrected chi connectivity index (χ4v) is 3.61. The normalized spacial score (nSPS) is 24.5. The van der Waals surface area contributed by atoms with Gasteiger partial charge in [-0.25, -0.2) is 14.4 Å². The molecular weight excluding hydrogens is 339 g/mol. The van der Waals surface area contributed by atoms with E-state index in [0.717, 1.165) is 25.7 Å². The average molecular weight is 362 g/mol. The van der Waals surface area contributed by atoms with Crippen LogP contribution in [0.15, 0.2) is 6.20 Å². The molecule has 0 N–H and O–H groups in total. The zero-order valence-corrected chi connectivity index (χ0v) is 14.7. The molecule has 140 valence electrons. The summed E-state index contributed by atoms with van der Waals surface area (Å²) in [5.41, 5.74) is 0.147. The van der Waals surface area contributed by atoms with Crippen LogP contribution < -0.4 is 9.64 Å². The van der Waals surface area contributed by atoms with Crippen LogP contribution in [0.5, 0.6) is 5.88 Å². The molecule has 0 bridgehead atoms. The van der Waals surface area contributed by atoms with E-state index in [0.29, 0.717) is 62.8 Å². The van der Waals surface area contributed by atoms with Gasteiger partial charge in [0.1, 0.15) is 6.17 Å². The third-order valence-corrected chi connectivity index (χ3v) is 5.71. The van der Waals surface area contributed by atoms with Gasteiger partial charge in [-0.05, 0) is 31.6 Å². The number of amides is 1. The van der Waals surface area contributed by atoms with Crippen LogP contribution in [0.2, 0.25) is 0 Å². The van der Waals surface area contributed by atoms with Crippen LogP contribution in [0.25, 0.3) is 0 Å². The van der Waals surface area contributed by atoms with Crippen molar-refractivity contribution in [2.45, 2.75) is 37.4 Å². The summed E-state index contributed by atoms with van der Waals surface area (Å²) < 4.78 is 24.7. The standard InChI is InChI=1S/C18H23FN4O3/c19-13-8-22(9-13)15-16(26-10-12-1-2-12)21-14(7-20-15)17(24)23-5-6-25-11-18(23)3-4-18/h7,12-13H,1-6,8-11H2. The molecule has 2 aliphatic carbocycles. The van der Waals surface area contributed by atoms with Crippen LogP contribution in [-0.2, 0) is 4.74 Å². The summed E-state index contributed by atoms with van der Waals surface area (Å²) in [4.78, 5) is 25.6. The van der Waals surface area contributed by atoms with Crippen LogP contribution in [-0.4, -0.2) is 71.9 Å². The molecule has 0 aromatic carbocycles. The number of ether oxygens (including phenoxy) is 2. The summed E-state index contributed by atoms with van der Waals surface area (Å²) in [7, 11) is 0. The molecule has 0 unspecified atom stereocenters. The summed E-state index contributed by atoms with van der Waals surface area (Å²) in [6.45, 7) is 2.91. The molecule has 26 heavy (non-hydrogen) atoms. The Hall–Kier alpha value is -1.96. The minimum atomic E-state index is -0.836. The number of hydrogen-bond acceptors (Lipinski definition) is 6. The number of rotatable bonds is 5. The second-order valence-electron chi connectivity index (χ2n) is 7.87. The minimum Gasteiger partial charge on any atom is -0.475 e. The second kappa shape index (κ2) is 6.04. The Bertz CT molecular complexity index is 716. The highest BCUT2D eigenvalue weighted by atomic mass is 19.1. The molecule has 1 amide bonds. The van der Waals surface area contributed by atoms with Crippen LogP contribution in [0.4, 0.5) is 10.2 Å². The quantitative estimate of drug-likeness (QED) is 0.789. The van der Waals surface area contributed by atoms with Crippen LogP contribution in [0.3, 0.4) is 0 Å². The lowest BCUT2D eigenvalue weighted by molar-refractivity contribution is -0.0121. The lowest BCUT2D eigenvalue weighted by atomic mass is 10.2. The van der Waals surface area contributed by atoms with E-state index < -0.39 is 6.17 Å². The molecule has 7 nitrogen and oxygen atoms in total. The number of halogens is 1. The summed E-state index contributed by atoms with van der Waals surface area (Å²) in [6.07, 6.45) is 4.93. The van der Waals surface area contributed by atoms with E-state index in [1.165, 1.54) is 6.20 Å². The van der Waals surface area contributed by atoms with Gasteiger partial charge in [0.2, 0.25) is 0 Å². The van der Waals surface area contributed by atoms with Gasteiger partial charge in [0.05, 0.1) is 44.6 Å². The first-order valence-electron chi connectivity index (χ1n) is 9.43. The van der Waals surface area contributed by atoms with E-state index in [-0.39, 0.29) is 11.4 Å². The van der Waals surface area contributed by atoms with Gasteiger partial charge in [-0.15, -0.1) is 0 Å². The number of anilines is 1. The highest BCUT2D eigenvalue weighted by Gasteiger charge is 2.52. The molecule has 2 aliphatic heterocycles. The third-order valence-electron chi connectivity index (χ3n) is 5.71. The Morgan fingerprint density at radius 1 is 1.38 bits per heavy atom. The lowest BCUT2D eigenvalue weighted by Crippen LogP contribution is -2.51. The summed E-state index contributed by atoms with van der Waals surface area (Å²) >= 11 is 0. The molecule has 3 heterocycles. The fraction of sp³-hybridized carbons (Fsp3) is 0.722. The maximum Gasteiger partial charge on any atom is 0.274 e. The van der Waals surface area contributed by atoms with Crippen molar-refractivity contribution in [3.05, 3.63) is 11.9 Å². The van der Waals surface area contributed by atoms with Crippen LogP contribution >= 0.6 is 0 Å². The van der Waals surface area contributed by atoms with Crippen molar-refractivity contribution in [3.8, 4) is 5.88 Å². The van der Waals surface area contributed by atoms with Gasteiger partial charge in [0, 0.05) is 6.54 Å². The number of alkyl halides is 1. The molecule has 4 aliphatic rings. The van der Waals surface area contributed by atoms with Gasteiger partial charge in [-0.3, -0.25) is 4.79 Å². The highest BCUT2D eigenvalue weighted by molar-refractivity contribution is 5.93. The number of aromatic nitrogens is 2. The zero-order valence-electron chi connectivity index (χ0n) is 14.7. The van der Waals surface area contributed by atoms with Gasteiger partial charge in [-0.1, -0.05) is 0 Å². The Labute approximate surface area is 151 Å². The second-order valence-corrected chi connectivity index (χ2v) is 7.87. The number of hydrogen-bond donors (Lipinski definition) is 0. The first kappa shape index (κ1) is 16.2. The molecule has 1 aromatic heterocycles. The van der Waals surface area contributed by atoms with E-state index in [4.69, 9.17) is 9.47 Å². The summed E-state index contributed by atoms with van der Waals surface area (Å²) in [5, 5.41) is 0. The molecule has 4 fully saturated rings. The average Bonchev–Trinajstić information content (AvgIpc) is 3.55. The Morgan fingerprint density at radius 3 is 2.88 bits per heavy atom. The van der Waals surface area contributed by atoms with Gasteiger partial charge >= 0.3 is 0 Å². The van der Waals surface area contributed by atoms with E-state index in [2.05, 4.69) is 9.97 Å². The monoisotopic (exact) mass is 362 g/mol. The zero-order chi connectivity index (χ0) is 17.7. The smallest absolute Gasteiger partial charge is 0.274 e. The molecule has 1 spiro atoms. The van der Waals surface area contributed by atoms with Crippen molar-refractivity contribution >= 4 is 11.7 Å². The van der Waals surface area contributed by atoms with Crippen molar-refractivity contribution in [3.63, 3.8) is 0 Å². The van der Waals surface area contributed by atoms with Gasteiger partial charge in [-0.2, -0.15) is 0 Å². The highest BCUT2D eigenvalue weighted by Crippen LogP contribution is 2.44. The summed E-state index contributed by atoms with van der Waals surface area (Å²) in [6, 6.07) is 0. The molecule has 8 heteroatoms. The first-order chi connectivity index (χ1) is 12.6. The Morgan fingerprint density at radius 2 is 2.19 bits per heavy atom. The molecule has 1 aromatic rings. The van der Waals surface area contributed by atoms with Gasteiger partial charge < -0.3 is 19.3 Å². The van der Waals surface area contributed by atoms with Crippen molar-refractivity contribution in [1.82, 2.24) is 14.9 Å². The number of nitrogens with zero attached hydrogens (tertiary/aromatic N) is 4. The largest absolute Gasteiger partial charge is 0.475 e. The van der Waals surface area contributed by atoms with Crippen molar-refractivity contribution in [1.29, 1.82) is 0 Å². The predicted octanol–water partition coefficient (Wildman–Crippen LogP) is 1.43. The van der Waals surface area contributed by atoms with E-state index >= 15 is 0 Å². The summed E-state index contributed by atoms with van der Waals surface area (Å²) in [5.74, 6) is 1.34. The van der Waals surface area contributed by atoms with Crippen molar-refractivity contribution in [2.24, 2.45) is 5.92 Å². The number of carbonyl (C=O) groups is 1. The van der Waals surface area contributed by atoms with Crippen molar-refractivity contribution in [2.75, 3.05) is 44.4 Å². The molecule has 0 atom stereocenters. The Kier molecular flexibility index (Phi) is 3.77. The molecule has 2 saturated heterocycles. The topological polar surface area (TPSA) is 67.8 Å². The maximum absolute atomic E-state index is 13.2. The SMILES string of the molecule is O=C(c1cnc(N2CC(F)C2)c(OCC2CC2)n1)N1CCOCC12CC2. The van der Waals surface area contributed by atoms with Gasteiger partial charge in [0.25, 0.3) is 11.8 Å². The van der Waals surface area contributed by atoms with E-state index in [9.17, 15) is 9.18 Å². The van der Waals surface area contributed by atoms with E-state index in [1.54, 1.807) is 0 Å². The van der Waals surface area contributed by atoms with Crippen LogP contribution in [0.1, 0.15) is 36.2 Å². The lowest BCUT2D eigenvalue weighted by Gasteiger charge is -2.37. The molecule has 5 rings (SSSR count). The molecule has 0 radical (unpaired) electrons. The fourth-order valence-electron chi connectivity index (χ4n) is 3.61. The van der Waals surface area contributed by atoms with E-state index in [1.807, 2.05) is 9.80 Å². The predicted molar refractivity (Wildman–Crippen MR) is 91.2 cm³/mol. The molecular formula is C18H23FN4O3.